The predicted molar refractivity (Wildman–Crippen MR) is 103 cm³/mol. The average Bonchev–Trinajstić information content (AvgIpc) is 2.70. The summed E-state index contributed by atoms with van der Waals surface area (Å²) in [6.07, 6.45) is -20.7. The van der Waals surface area contributed by atoms with Gasteiger partial charge in [-0.3, -0.25) is 0 Å². The van der Waals surface area contributed by atoms with Crippen LogP contribution in [0.4, 0.5) is 52.7 Å². The fraction of sp³-hybridized carbons (Fsp3) is 0.182. The van der Waals surface area contributed by atoms with E-state index in [1.807, 2.05) is 0 Å². The van der Waals surface area contributed by atoms with Crippen LogP contribution in [0.2, 0.25) is 0 Å². The van der Waals surface area contributed by atoms with E-state index in [1.165, 1.54) is 0 Å². The smallest absolute Gasteiger partial charge is 0.166 e. The van der Waals surface area contributed by atoms with Crippen LogP contribution >= 0.6 is 0 Å². The summed E-state index contributed by atoms with van der Waals surface area (Å²) in [5.74, 6) is 0. The van der Waals surface area contributed by atoms with Gasteiger partial charge in [0.2, 0.25) is 0 Å². The van der Waals surface area contributed by atoms with Crippen LogP contribution in [0.25, 0.3) is 22.3 Å². The van der Waals surface area contributed by atoms with Gasteiger partial charge < -0.3 is 0 Å². The van der Waals surface area contributed by atoms with Crippen molar-refractivity contribution in [1.82, 2.24) is 0 Å². The third-order valence-electron chi connectivity index (χ3n) is 4.80. The Morgan fingerprint density at radius 3 is 0.800 bits per heavy atom. The van der Waals surface area contributed by atoms with Gasteiger partial charge in [0.05, 0.1) is 22.3 Å². The zero-order valence-electron chi connectivity index (χ0n) is 16.8. The Morgan fingerprint density at radius 1 is 0.343 bits per heavy atom. The highest BCUT2D eigenvalue weighted by atomic mass is 19.4. The van der Waals surface area contributed by atoms with Crippen molar-refractivity contribution >= 4 is 13.3 Å². The van der Waals surface area contributed by atoms with Crippen molar-refractivity contribution in [3.63, 3.8) is 0 Å². The Balaban J connectivity index is 2.27. The van der Waals surface area contributed by atoms with E-state index in [2.05, 4.69) is 0 Å². The van der Waals surface area contributed by atoms with Crippen LogP contribution in [0.3, 0.4) is 0 Å². The van der Waals surface area contributed by atoms with Gasteiger partial charge in [-0.15, -0.1) is 0 Å². The minimum absolute atomic E-state index is 0.126. The van der Waals surface area contributed by atoms with Crippen LogP contribution in [0, 0.1) is 0 Å². The summed E-state index contributed by atoms with van der Waals surface area (Å²) in [5, 5.41) is 0. The first-order valence-electron chi connectivity index (χ1n) is 9.25. The number of benzene rings is 3. The lowest BCUT2D eigenvalue weighted by Crippen LogP contribution is -2.12. The molecule has 35 heavy (non-hydrogen) atoms. The molecule has 0 nitrogen and oxygen atoms in total. The molecule has 0 saturated carbocycles. The van der Waals surface area contributed by atoms with Crippen LogP contribution in [0.5, 0.6) is 0 Å². The lowest BCUT2D eigenvalue weighted by Gasteiger charge is -2.17. The molecule has 184 valence electrons. The molecule has 0 unspecified atom stereocenters. The van der Waals surface area contributed by atoms with Gasteiger partial charge in [0, 0.05) is 0 Å². The third kappa shape index (κ3) is 6.12. The summed E-state index contributed by atoms with van der Waals surface area (Å²) in [7, 11) is 5.64. The summed E-state index contributed by atoms with van der Waals surface area (Å²) in [6, 6.07) is 3.93. The molecule has 0 aliphatic rings. The van der Waals surface area contributed by atoms with Crippen molar-refractivity contribution in [1.29, 1.82) is 0 Å². The molecule has 0 atom stereocenters. The van der Waals surface area contributed by atoms with E-state index < -0.39 is 58.1 Å². The topological polar surface area (TPSA) is 0 Å². The lowest BCUT2D eigenvalue weighted by atomic mass is 9.86. The molecular weight excluding hydrogens is 503 g/mol. The lowest BCUT2D eigenvalue weighted by molar-refractivity contribution is -0.144. The summed E-state index contributed by atoms with van der Waals surface area (Å²) in [6.45, 7) is 0. The molecule has 13 heteroatoms. The molecule has 0 saturated heterocycles. The minimum Gasteiger partial charge on any atom is -0.166 e. The minimum atomic E-state index is -5.18. The summed E-state index contributed by atoms with van der Waals surface area (Å²) in [4.78, 5) is 0. The molecule has 0 aliphatic heterocycles. The predicted octanol–water partition coefficient (Wildman–Crippen LogP) is 7.89. The van der Waals surface area contributed by atoms with Crippen LogP contribution in [0.15, 0.2) is 54.6 Å². The van der Waals surface area contributed by atoms with Crippen molar-refractivity contribution in [2.75, 3.05) is 0 Å². The molecule has 0 heterocycles. The third-order valence-corrected chi connectivity index (χ3v) is 4.80. The molecule has 0 amide bonds. The fourth-order valence-corrected chi connectivity index (χ4v) is 3.23. The van der Waals surface area contributed by atoms with Crippen LogP contribution < -0.4 is 5.46 Å². The molecule has 3 aromatic carbocycles. The Hall–Kier alpha value is -3.12. The molecular formula is C22H9BF12. The number of alkyl halides is 12. The first-order chi connectivity index (χ1) is 15.7. The number of hydrogen-bond acceptors (Lipinski definition) is 0. The maximum Gasteiger partial charge on any atom is 0.416 e. The highest BCUT2D eigenvalue weighted by molar-refractivity contribution is 6.33. The van der Waals surface area contributed by atoms with E-state index in [0.29, 0.717) is 24.3 Å². The molecule has 0 bridgehead atoms. The zero-order chi connectivity index (χ0) is 26.6. The van der Waals surface area contributed by atoms with Gasteiger partial charge in [-0.1, -0.05) is 17.6 Å². The van der Waals surface area contributed by atoms with E-state index >= 15 is 0 Å². The van der Waals surface area contributed by atoms with Crippen molar-refractivity contribution in [2.45, 2.75) is 24.7 Å². The molecule has 2 radical (unpaired) electrons. The fourth-order valence-electron chi connectivity index (χ4n) is 3.23. The Morgan fingerprint density at radius 2 is 0.571 bits per heavy atom. The van der Waals surface area contributed by atoms with Gasteiger partial charge in [0.15, 0.2) is 0 Å². The quantitative estimate of drug-likeness (QED) is 0.242. The molecule has 0 N–H and O–H groups in total. The van der Waals surface area contributed by atoms with Crippen molar-refractivity contribution in [3.8, 4) is 22.3 Å². The van der Waals surface area contributed by atoms with Gasteiger partial charge in [0.1, 0.15) is 7.85 Å². The van der Waals surface area contributed by atoms with Crippen molar-refractivity contribution < 1.29 is 52.7 Å². The Labute approximate surface area is 190 Å². The second-order valence-corrected chi connectivity index (χ2v) is 7.43. The molecule has 0 spiro atoms. The van der Waals surface area contributed by atoms with Gasteiger partial charge in [-0.2, -0.15) is 52.7 Å². The Kier molecular flexibility index (Phi) is 6.45. The van der Waals surface area contributed by atoms with Crippen molar-refractivity contribution in [3.05, 3.63) is 76.9 Å². The van der Waals surface area contributed by atoms with E-state index in [1.54, 1.807) is 0 Å². The molecule has 0 aliphatic carbocycles. The van der Waals surface area contributed by atoms with Gasteiger partial charge >= 0.3 is 24.7 Å². The summed E-state index contributed by atoms with van der Waals surface area (Å²) < 4.78 is 158. The summed E-state index contributed by atoms with van der Waals surface area (Å²) >= 11 is 0. The second-order valence-electron chi connectivity index (χ2n) is 7.43. The van der Waals surface area contributed by atoms with E-state index in [0.717, 1.165) is 18.2 Å². The second kappa shape index (κ2) is 8.52. The first kappa shape index (κ1) is 26.5. The molecule has 3 rings (SSSR count). The number of halogens is 12. The largest absolute Gasteiger partial charge is 0.416 e. The van der Waals surface area contributed by atoms with Crippen LogP contribution in [0.1, 0.15) is 22.3 Å². The van der Waals surface area contributed by atoms with Gasteiger partial charge in [-0.25, -0.2) is 0 Å². The number of hydrogen-bond donors (Lipinski definition) is 0. The van der Waals surface area contributed by atoms with E-state index in [4.69, 9.17) is 7.85 Å². The monoisotopic (exact) mass is 512 g/mol. The maximum atomic E-state index is 13.2. The SMILES string of the molecule is [B]c1cc(-c2cc(C(F)(F)F)cc(C(F)(F)F)c2)cc(-c2cc(C(F)(F)F)cc(C(F)(F)F)c2)c1. The average molecular weight is 512 g/mol. The van der Waals surface area contributed by atoms with Gasteiger partial charge in [0.25, 0.3) is 0 Å². The van der Waals surface area contributed by atoms with E-state index in [9.17, 15) is 52.7 Å². The van der Waals surface area contributed by atoms with E-state index in [-0.39, 0.29) is 28.7 Å². The van der Waals surface area contributed by atoms with Crippen LogP contribution in [-0.4, -0.2) is 7.85 Å². The maximum absolute atomic E-state index is 13.2. The Bertz CT molecular complexity index is 1090. The van der Waals surface area contributed by atoms with Crippen LogP contribution in [-0.2, 0) is 24.7 Å². The molecule has 0 fully saturated rings. The number of rotatable bonds is 2. The highest BCUT2D eigenvalue weighted by Gasteiger charge is 2.38. The van der Waals surface area contributed by atoms with Crippen molar-refractivity contribution in [2.24, 2.45) is 0 Å². The summed E-state index contributed by atoms with van der Waals surface area (Å²) in [5.41, 5.74) is -9.05. The first-order valence-corrected chi connectivity index (χ1v) is 9.25. The highest BCUT2D eigenvalue weighted by Crippen LogP contribution is 2.41. The molecule has 3 aromatic rings. The van der Waals surface area contributed by atoms with Gasteiger partial charge in [-0.05, 0) is 64.7 Å². The standard InChI is InChI=1S/C22H9BF12/c23-18-6-10(12-2-14(19(24,25)26)8-15(3-12)20(27,28)29)1-11(7-18)13-4-16(21(30,31)32)9-17(5-13)22(33,34)35/h1-9H. The molecule has 0 aromatic heterocycles. The zero-order valence-corrected chi connectivity index (χ0v) is 16.8. The normalized spacial score (nSPS) is 13.3.